The Bertz CT molecular complexity index is 280. The Morgan fingerprint density at radius 3 is 2.75 bits per heavy atom. The Morgan fingerprint density at radius 1 is 1.42 bits per heavy atom. The van der Waals surface area contributed by atoms with Crippen LogP contribution in [0.4, 0.5) is 0 Å². The second-order valence-corrected chi connectivity index (χ2v) is 2.86. The van der Waals surface area contributed by atoms with Crippen molar-refractivity contribution < 1.29 is 4.79 Å². The Labute approximate surface area is 71.0 Å². The quantitative estimate of drug-likeness (QED) is 0.615. The zero-order valence-electron chi connectivity index (χ0n) is 6.73. The first-order valence-electron chi connectivity index (χ1n) is 4.08. The molecule has 1 aromatic rings. The molecule has 0 aliphatic carbocycles. The second-order valence-electron chi connectivity index (χ2n) is 2.86. The Kier molecular flexibility index (Phi) is 1.78. The molecule has 2 rings (SSSR count). The zero-order valence-corrected chi connectivity index (χ0v) is 6.73. The maximum absolute atomic E-state index is 11.5. The summed E-state index contributed by atoms with van der Waals surface area (Å²) in [5.74, 6) is 0.0573. The fraction of sp³-hybridized carbons (Fsp3) is 0.333. The van der Waals surface area contributed by atoms with E-state index < -0.39 is 0 Å². The maximum Gasteiger partial charge on any atom is 0.272 e. The van der Waals surface area contributed by atoms with E-state index in [1.54, 1.807) is 12.3 Å². The van der Waals surface area contributed by atoms with E-state index in [0.717, 1.165) is 19.5 Å². The van der Waals surface area contributed by atoms with Crippen LogP contribution in [-0.2, 0) is 0 Å². The van der Waals surface area contributed by atoms with Crippen molar-refractivity contribution in [3.63, 3.8) is 0 Å². The lowest BCUT2D eigenvalue weighted by Gasteiger charge is -2.30. The van der Waals surface area contributed by atoms with Gasteiger partial charge in [0.15, 0.2) is 0 Å². The molecule has 0 bridgehead atoms. The van der Waals surface area contributed by atoms with E-state index in [4.69, 9.17) is 0 Å². The SMILES string of the molecule is O=C(c1ccccn1)N1CCC1. The fourth-order valence-electron chi connectivity index (χ4n) is 1.17. The van der Waals surface area contributed by atoms with Gasteiger partial charge in [0.1, 0.15) is 5.69 Å². The van der Waals surface area contributed by atoms with Crippen LogP contribution in [0.2, 0.25) is 0 Å². The Hall–Kier alpha value is -1.38. The van der Waals surface area contributed by atoms with E-state index in [0.29, 0.717) is 5.69 Å². The highest BCUT2D eigenvalue weighted by Crippen LogP contribution is 2.09. The standard InChI is InChI=1S/C9H10N2O/c12-9(11-6-3-7-11)8-4-1-2-5-10-8/h1-2,4-5H,3,6-7H2. The monoisotopic (exact) mass is 162 g/mol. The molecule has 0 aromatic carbocycles. The third kappa shape index (κ3) is 1.18. The summed E-state index contributed by atoms with van der Waals surface area (Å²) >= 11 is 0. The summed E-state index contributed by atoms with van der Waals surface area (Å²) in [5.41, 5.74) is 0.553. The summed E-state index contributed by atoms with van der Waals surface area (Å²) in [4.78, 5) is 17.3. The molecule has 0 N–H and O–H groups in total. The number of pyridine rings is 1. The van der Waals surface area contributed by atoms with Gasteiger partial charge in [-0.05, 0) is 18.6 Å². The van der Waals surface area contributed by atoms with Crippen molar-refractivity contribution in [2.24, 2.45) is 0 Å². The van der Waals surface area contributed by atoms with Crippen LogP contribution in [0.1, 0.15) is 16.9 Å². The van der Waals surface area contributed by atoms with Gasteiger partial charge in [-0.2, -0.15) is 0 Å². The van der Waals surface area contributed by atoms with E-state index in [-0.39, 0.29) is 5.91 Å². The average Bonchev–Trinajstić information content (AvgIpc) is 2.03. The van der Waals surface area contributed by atoms with Crippen molar-refractivity contribution >= 4 is 5.91 Å². The van der Waals surface area contributed by atoms with Crippen LogP contribution in [0.5, 0.6) is 0 Å². The molecule has 1 aliphatic heterocycles. The van der Waals surface area contributed by atoms with Crippen molar-refractivity contribution in [3.8, 4) is 0 Å². The van der Waals surface area contributed by atoms with Gasteiger partial charge >= 0.3 is 0 Å². The minimum absolute atomic E-state index is 0.0573. The van der Waals surface area contributed by atoms with Crippen LogP contribution in [0.25, 0.3) is 0 Å². The number of amides is 1. The van der Waals surface area contributed by atoms with Crippen LogP contribution in [0, 0.1) is 0 Å². The van der Waals surface area contributed by atoms with Gasteiger partial charge in [0.25, 0.3) is 5.91 Å². The first kappa shape index (κ1) is 7.28. The number of rotatable bonds is 1. The van der Waals surface area contributed by atoms with Crippen LogP contribution in [-0.4, -0.2) is 28.9 Å². The summed E-state index contributed by atoms with van der Waals surface area (Å²) in [6.45, 7) is 1.77. The van der Waals surface area contributed by atoms with E-state index >= 15 is 0 Å². The number of carbonyl (C=O) groups is 1. The van der Waals surface area contributed by atoms with Gasteiger partial charge < -0.3 is 4.90 Å². The van der Waals surface area contributed by atoms with Gasteiger partial charge in [0.05, 0.1) is 0 Å². The molecule has 0 saturated carbocycles. The van der Waals surface area contributed by atoms with Crippen molar-refractivity contribution in [3.05, 3.63) is 30.1 Å². The number of hydrogen-bond acceptors (Lipinski definition) is 2. The summed E-state index contributed by atoms with van der Waals surface area (Å²) in [6, 6.07) is 5.40. The molecule has 0 unspecified atom stereocenters. The first-order valence-corrected chi connectivity index (χ1v) is 4.08. The zero-order chi connectivity index (χ0) is 8.39. The molecule has 1 aromatic heterocycles. The molecule has 0 spiro atoms. The molecule has 12 heavy (non-hydrogen) atoms. The molecule has 2 heterocycles. The number of carbonyl (C=O) groups excluding carboxylic acids is 1. The number of hydrogen-bond donors (Lipinski definition) is 0. The minimum atomic E-state index is 0.0573. The van der Waals surface area contributed by atoms with Crippen molar-refractivity contribution in [1.82, 2.24) is 9.88 Å². The molecule has 0 radical (unpaired) electrons. The third-order valence-corrected chi connectivity index (χ3v) is 2.03. The Morgan fingerprint density at radius 2 is 2.25 bits per heavy atom. The van der Waals surface area contributed by atoms with Gasteiger partial charge in [-0.15, -0.1) is 0 Å². The lowest BCUT2D eigenvalue weighted by atomic mass is 10.2. The molecule has 3 heteroatoms. The second kappa shape index (κ2) is 2.93. The smallest absolute Gasteiger partial charge is 0.272 e. The van der Waals surface area contributed by atoms with Crippen LogP contribution in [0.3, 0.4) is 0 Å². The highest BCUT2D eigenvalue weighted by atomic mass is 16.2. The van der Waals surface area contributed by atoms with Gasteiger partial charge in [0, 0.05) is 19.3 Å². The lowest BCUT2D eigenvalue weighted by Crippen LogP contribution is -2.42. The third-order valence-electron chi connectivity index (χ3n) is 2.03. The molecular weight excluding hydrogens is 152 g/mol. The van der Waals surface area contributed by atoms with E-state index in [2.05, 4.69) is 4.98 Å². The number of aromatic nitrogens is 1. The van der Waals surface area contributed by atoms with Crippen molar-refractivity contribution in [2.75, 3.05) is 13.1 Å². The largest absolute Gasteiger partial charge is 0.337 e. The number of likely N-dealkylation sites (tertiary alicyclic amines) is 1. The van der Waals surface area contributed by atoms with Gasteiger partial charge in [-0.3, -0.25) is 9.78 Å². The van der Waals surface area contributed by atoms with Gasteiger partial charge in [0.2, 0.25) is 0 Å². The normalized spacial score (nSPS) is 15.5. The van der Waals surface area contributed by atoms with Crippen LogP contribution in [0.15, 0.2) is 24.4 Å². The van der Waals surface area contributed by atoms with Gasteiger partial charge in [-0.25, -0.2) is 0 Å². The summed E-state index contributed by atoms with van der Waals surface area (Å²) in [6.07, 6.45) is 2.77. The molecular formula is C9H10N2O. The van der Waals surface area contributed by atoms with Crippen molar-refractivity contribution in [1.29, 1.82) is 0 Å². The predicted molar refractivity (Wildman–Crippen MR) is 44.8 cm³/mol. The topological polar surface area (TPSA) is 33.2 Å². The molecule has 1 saturated heterocycles. The molecule has 0 atom stereocenters. The molecule has 1 aliphatic rings. The average molecular weight is 162 g/mol. The summed E-state index contributed by atoms with van der Waals surface area (Å²) in [5, 5.41) is 0. The van der Waals surface area contributed by atoms with Crippen molar-refractivity contribution in [2.45, 2.75) is 6.42 Å². The summed E-state index contributed by atoms with van der Waals surface area (Å²) in [7, 11) is 0. The highest BCUT2D eigenvalue weighted by molar-refractivity contribution is 5.92. The predicted octanol–water partition coefficient (Wildman–Crippen LogP) is 0.927. The molecule has 1 fully saturated rings. The summed E-state index contributed by atoms with van der Waals surface area (Å²) < 4.78 is 0. The molecule has 1 amide bonds. The fourth-order valence-corrected chi connectivity index (χ4v) is 1.17. The molecule has 62 valence electrons. The van der Waals surface area contributed by atoms with Crippen LogP contribution >= 0.6 is 0 Å². The van der Waals surface area contributed by atoms with Crippen LogP contribution < -0.4 is 0 Å². The van der Waals surface area contributed by atoms with E-state index in [9.17, 15) is 4.79 Å². The van der Waals surface area contributed by atoms with E-state index in [1.807, 2.05) is 17.0 Å². The first-order chi connectivity index (χ1) is 5.88. The maximum atomic E-state index is 11.5. The molecule has 3 nitrogen and oxygen atoms in total. The highest BCUT2D eigenvalue weighted by Gasteiger charge is 2.21. The van der Waals surface area contributed by atoms with E-state index in [1.165, 1.54) is 0 Å². The Balaban J connectivity index is 2.14. The van der Waals surface area contributed by atoms with Gasteiger partial charge in [-0.1, -0.05) is 6.07 Å². The minimum Gasteiger partial charge on any atom is -0.337 e. The number of nitrogens with zero attached hydrogens (tertiary/aromatic N) is 2. The lowest BCUT2D eigenvalue weighted by molar-refractivity contribution is 0.0645.